The second-order valence-corrected chi connectivity index (χ2v) is 6.85. The number of rotatable bonds is 2. The lowest BCUT2D eigenvalue weighted by molar-refractivity contribution is 0.360. The summed E-state index contributed by atoms with van der Waals surface area (Å²) >= 11 is 3.31. The minimum atomic E-state index is -3.37. The maximum Gasteiger partial charge on any atom is 0.244 e. The lowest BCUT2D eigenvalue weighted by atomic mass is 10.2. The predicted octanol–water partition coefficient (Wildman–Crippen LogP) is 1.35. The van der Waals surface area contributed by atoms with E-state index in [1.165, 1.54) is 4.31 Å². The SMILES string of the molecule is Cc1ccc(Br)c(S(=O)(=O)N2CCNCC2)c1. The van der Waals surface area contributed by atoms with E-state index in [1.54, 1.807) is 12.1 Å². The highest BCUT2D eigenvalue weighted by molar-refractivity contribution is 9.10. The summed E-state index contributed by atoms with van der Waals surface area (Å²) in [5.74, 6) is 0. The maximum absolute atomic E-state index is 12.4. The summed E-state index contributed by atoms with van der Waals surface area (Å²) in [4.78, 5) is 0.361. The molecule has 0 aromatic heterocycles. The molecule has 1 aliphatic heterocycles. The van der Waals surface area contributed by atoms with E-state index in [4.69, 9.17) is 0 Å². The summed E-state index contributed by atoms with van der Waals surface area (Å²) in [6.07, 6.45) is 0. The Balaban J connectivity index is 2.40. The number of piperazine rings is 1. The molecule has 1 heterocycles. The Bertz CT molecular complexity index is 510. The summed E-state index contributed by atoms with van der Waals surface area (Å²) < 4.78 is 27.0. The van der Waals surface area contributed by atoms with Gasteiger partial charge in [-0.25, -0.2) is 8.42 Å². The number of nitrogens with zero attached hydrogens (tertiary/aromatic N) is 1. The van der Waals surface area contributed by atoms with E-state index in [-0.39, 0.29) is 0 Å². The fourth-order valence-electron chi connectivity index (χ4n) is 1.83. The number of aryl methyl sites for hydroxylation is 1. The highest BCUT2D eigenvalue weighted by atomic mass is 79.9. The minimum Gasteiger partial charge on any atom is -0.314 e. The zero-order valence-electron chi connectivity index (χ0n) is 9.61. The molecular weight excluding hydrogens is 304 g/mol. The molecule has 17 heavy (non-hydrogen) atoms. The lowest BCUT2D eigenvalue weighted by Crippen LogP contribution is -2.46. The van der Waals surface area contributed by atoms with Gasteiger partial charge in [0.25, 0.3) is 0 Å². The first-order valence-electron chi connectivity index (χ1n) is 5.49. The van der Waals surface area contributed by atoms with E-state index < -0.39 is 10.0 Å². The molecule has 0 bridgehead atoms. The molecule has 0 aliphatic carbocycles. The number of benzene rings is 1. The Labute approximate surface area is 110 Å². The molecule has 0 saturated carbocycles. The topological polar surface area (TPSA) is 49.4 Å². The van der Waals surface area contributed by atoms with Crippen LogP contribution in [0.2, 0.25) is 0 Å². The van der Waals surface area contributed by atoms with Gasteiger partial charge in [-0.2, -0.15) is 4.31 Å². The van der Waals surface area contributed by atoms with Crippen LogP contribution >= 0.6 is 15.9 Å². The van der Waals surface area contributed by atoms with Crippen LogP contribution in [0.3, 0.4) is 0 Å². The van der Waals surface area contributed by atoms with Crippen molar-refractivity contribution in [1.29, 1.82) is 0 Å². The molecule has 2 rings (SSSR count). The molecule has 0 amide bonds. The second-order valence-electron chi connectivity index (χ2n) is 4.09. The van der Waals surface area contributed by atoms with Crippen LogP contribution in [0.15, 0.2) is 27.6 Å². The summed E-state index contributed by atoms with van der Waals surface area (Å²) in [7, 11) is -3.37. The van der Waals surface area contributed by atoms with Crippen LogP contribution in [0.25, 0.3) is 0 Å². The van der Waals surface area contributed by atoms with Crippen molar-refractivity contribution in [2.75, 3.05) is 26.2 Å². The summed E-state index contributed by atoms with van der Waals surface area (Å²) in [6.45, 7) is 4.37. The third-order valence-corrected chi connectivity index (χ3v) is 5.67. The molecule has 1 fully saturated rings. The summed E-state index contributed by atoms with van der Waals surface area (Å²) in [5.41, 5.74) is 0.946. The summed E-state index contributed by atoms with van der Waals surface area (Å²) in [6, 6.07) is 5.38. The number of hydrogen-bond acceptors (Lipinski definition) is 3. The van der Waals surface area contributed by atoms with E-state index in [1.807, 2.05) is 13.0 Å². The molecular formula is C11H15BrN2O2S. The average Bonchev–Trinajstić information content (AvgIpc) is 2.33. The summed E-state index contributed by atoms with van der Waals surface area (Å²) in [5, 5.41) is 3.15. The van der Waals surface area contributed by atoms with E-state index in [0.717, 1.165) is 5.56 Å². The van der Waals surface area contributed by atoms with Gasteiger partial charge in [-0.05, 0) is 40.5 Å². The molecule has 1 aromatic rings. The molecule has 1 aromatic carbocycles. The third kappa shape index (κ3) is 2.70. The van der Waals surface area contributed by atoms with Gasteiger partial charge in [0.1, 0.15) is 0 Å². The van der Waals surface area contributed by atoms with E-state index in [2.05, 4.69) is 21.2 Å². The zero-order valence-corrected chi connectivity index (χ0v) is 12.0. The Morgan fingerprint density at radius 1 is 1.29 bits per heavy atom. The van der Waals surface area contributed by atoms with Gasteiger partial charge in [0, 0.05) is 30.7 Å². The van der Waals surface area contributed by atoms with Gasteiger partial charge in [0.2, 0.25) is 10.0 Å². The van der Waals surface area contributed by atoms with Gasteiger partial charge in [0.05, 0.1) is 4.90 Å². The van der Waals surface area contributed by atoms with Crippen molar-refractivity contribution in [2.24, 2.45) is 0 Å². The van der Waals surface area contributed by atoms with Gasteiger partial charge in [-0.3, -0.25) is 0 Å². The van der Waals surface area contributed by atoms with Crippen molar-refractivity contribution in [3.63, 3.8) is 0 Å². The van der Waals surface area contributed by atoms with Crippen molar-refractivity contribution in [1.82, 2.24) is 9.62 Å². The Kier molecular flexibility index (Phi) is 3.87. The van der Waals surface area contributed by atoms with Crippen LogP contribution in [-0.4, -0.2) is 38.9 Å². The van der Waals surface area contributed by atoms with Crippen molar-refractivity contribution in [3.05, 3.63) is 28.2 Å². The van der Waals surface area contributed by atoms with Crippen LogP contribution in [-0.2, 0) is 10.0 Å². The third-order valence-electron chi connectivity index (χ3n) is 2.78. The monoisotopic (exact) mass is 318 g/mol. The van der Waals surface area contributed by atoms with E-state index in [9.17, 15) is 8.42 Å². The maximum atomic E-state index is 12.4. The first-order chi connectivity index (χ1) is 8.01. The van der Waals surface area contributed by atoms with Gasteiger partial charge >= 0.3 is 0 Å². The zero-order chi connectivity index (χ0) is 12.5. The Hall–Kier alpha value is -0.430. The molecule has 1 aliphatic rings. The predicted molar refractivity (Wildman–Crippen MR) is 70.5 cm³/mol. The fraction of sp³-hybridized carbons (Fsp3) is 0.455. The van der Waals surface area contributed by atoms with Gasteiger partial charge < -0.3 is 5.32 Å². The average molecular weight is 319 g/mol. The fourth-order valence-corrected chi connectivity index (χ4v) is 4.28. The molecule has 4 nitrogen and oxygen atoms in total. The number of halogens is 1. The molecule has 0 unspecified atom stereocenters. The number of hydrogen-bond donors (Lipinski definition) is 1. The minimum absolute atomic E-state index is 0.361. The Morgan fingerprint density at radius 3 is 2.59 bits per heavy atom. The first kappa shape index (κ1) is 13.0. The van der Waals surface area contributed by atoms with Crippen LogP contribution in [0.4, 0.5) is 0 Å². The highest BCUT2D eigenvalue weighted by Crippen LogP contribution is 2.26. The van der Waals surface area contributed by atoms with Crippen LogP contribution in [0.5, 0.6) is 0 Å². The number of nitrogens with one attached hydrogen (secondary N) is 1. The molecule has 1 saturated heterocycles. The molecule has 6 heteroatoms. The standard InChI is InChI=1S/C11H15BrN2O2S/c1-9-2-3-10(12)11(8-9)17(15,16)14-6-4-13-5-7-14/h2-3,8,13H,4-7H2,1H3. The van der Waals surface area contributed by atoms with Crippen LogP contribution in [0, 0.1) is 6.92 Å². The van der Waals surface area contributed by atoms with Crippen LogP contribution < -0.4 is 5.32 Å². The van der Waals surface area contributed by atoms with Crippen LogP contribution in [0.1, 0.15) is 5.56 Å². The second kappa shape index (κ2) is 5.06. The molecule has 0 atom stereocenters. The van der Waals surface area contributed by atoms with E-state index >= 15 is 0 Å². The highest BCUT2D eigenvalue weighted by Gasteiger charge is 2.27. The van der Waals surface area contributed by atoms with Gasteiger partial charge in [-0.15, -0.1) is 0 Å². The van der Waals surface area contributed by atoms with Crippen molar-refractivity contribution in [3.8, 4) is 0 Å². The Morgan fingerprint density at radius 2 is 1.94 bits per heavy atom. The molecule has 0 spiro atoms. The largest absolute Gasteiger partial charge is 0.314 e. The first-order valence-corrected chi connectivity index (χ1v) is 7.72. The lowest BCUT2D eigenvalue weighted by Gasteiger charge is -2.27. The quantitative estimate of drug-likeness (QED) is 0.895. The van der Waals surface area contributed by atoms with Crippen molar-refractivity contribution >= 4 is 26.0 Å². The number of sulfonamides is 1. The molecule has 1 N–H and O–H groups in total. The van der Waals surface area contributed by atoms with Crippen molar-refractivity contribution < 1.29 is 8.42 Å². The normalized spacial score (nSPS) is 18.2. The van der Waals surface area contributed by atoms with E-state index in [0.29, 0.717) is 35.5 Å². The van der Waals surface area contributed by atoms with Gasteiger partial charge in [-0.1, -0.05) is 6.07 Å². The molecule has 0 radical (unpaired) electrons. The molecule has 94 valence electrons. The van der Waals surface area contributed by atoms with Crippen molar-refractivity contribution in [2.45, 2.75) is 11.8 Å². The van der Waals surface area contributed by atoms with Gasteiger partial charge in [0.15, 0.2) is 0 Å². The smallest absolute Gasteiger partial charge is 0.244 e.